The first-order chi connectivity index (χ1) is 8.39. The molecule has 1 aromatic carbocycles. The summed E-state index contributed by atoms with van der Waals surface area (Å²) >= 11 is 6.96. The van der Waals surface area contributed by atoms with Gasteiger partial charge in [-0.05, 0) is 29.1 Å². The molecule has 0 aliphatic carbocycles. The molecule has 7 heteroatoms. The summed E-state index contributed by atoms with van der Waals surface area (Å²) in [6, 6.07) is 6.78. The molecule has 1 nitrogen and oxygen atoms in total. The number of thiophene rings is 1. The van der Waals surface area contributed by atoms with Crippen molar-refractivity contribution in [2.75, 3.05) is 0 Å². The second-order valence-electron chi connectivity index (χ2n) is 3.73. The highest BCUT2D eigenvalue weighted by molar-refractivity contribution is 7.10. The van der Waals surface area contributed by atoms with E-state index >= 15 is 0 Å². The summed E-state index contributed by atoms with van der Waals surface area (Å²) < 4.78 is 38.1. The average molecular weight is 328 g/mol. The van der Waals surface area contributed by atoms with Gasteiger partial charge in [-0.2, -0.15) is 13.2 Å². The van der Waals surface area contributed by atoms with E-state index in [2.05, 4.69) is 0 Å². The predicted octanol–water partition coefficient (Wildman–Crippen LogP) is 4.89. The molecule has 0 fully saturated rings. The lowest BCUT2D eigenvalue weighted by molar-refractivity contribution is -0.137. The van der Waals surface area contributed by atoms with Crippen LogP contribution in [0.15, 0.2) is 35.7 Å². The maximum atomic E-state index is 12.7. The van der Waals surface area contributed by atoms with Gasteiger partial charge >= 0.3 is 6.18 Å². The van der Waals surface area contributed by atoms with Crippen molar-refractivity contribution < 1.29 is 13.2 Å². The van der Waals surface area contributed by atoms with E-state index < -0.39 is 17.8 Å². The Morgan fingerprint density at radius 3 is 2.42 bits per heavy atom. The minimum absolute atomic E-state index is 0. The van der Waals surface area contributed by atoms with E-state index in [1.807, 2.05) is 5.38 Å². The average Bonchev–Trinajstić information content (AvgIpc) is 2.80. The van der Waals surface area contributed by atoms with Crippen molar-refractivity contribution in [1.82, 2.24) is 0 Å². The SMILES string of the molecule is Cl.N[C@@H](c1ccc(Cl)c(C(F)(F)F)c1)c1cccs1. The van der Waals surface area contributed by atoms with Crippen LogP contribution in [-0.4, -0.2) is 0 Å². The normalized spacial score (nSPS) is 12.9. The van der Waals surface area contributed by atoms with Gasteiger partial charge < -0.3 is 5.73 Å². The molecule has 0 radical (unpaired) electrons. The van der Waals surface area contributed by atoms with Gasteiger partial charge in [-0.3, -0.25) is 0 Å². The van der Waals surface area contributed by atoms with E-state index in [-0.39, 0.29) is 17.4 Å². The zero-order valence-corrected chi connectivity index (χ0v) is 11.8. The van der Waals surface area contributed by atoms with Crippen LogP contribution in [0.3, 0.4) is 0 Å². The molecule has 2 N–H and O–H groups in total. The van der Waals surface area contributed by atoms with E-state index in [0.29, 0.717) is 5.56 Å². The van der Waals surface area contributed by atoms with E-state index in [1.165, 1.54) is 23.5 Å². The fraction of sp³-hybridized carbons (Fsp3) is 0.167. The van der Waals surface area contributed by atoms with Crippen molar-refractivity contribution in [3.8, 4) is 0 Å². The Bertz CT molecular complexity index is 540. The standard InChI is InChI=1S/C12H9ClF3NS.ClH/c13-9-4-3-7(6-8(9)12(14,15)16)11(17)10-2-1-5-18-10;/h1-6,11H,17H2;1H/t11-;/m0./s1. The summed E-state index contributed by atoms with van der Waals surface area (Å²) in [5.41, 5.74) is 5.47. The zero-order valence-electron chi connectivity index (χ0n) is 9.45. The van der Waals surface area contributed by atoms with E-state index in [0.717, 1.165) is 10.9 Å². The van der Waals surface area contributed by atoms with E-state index in [1.54, 1.807) is 12.1 Å². The smallest absolute Gasteiger partial charge is 0.320 e. The first kappa shape index (κ1) is 16.3. The van der Waals surface area contributed by atoms with Crippen LogP contribution in [0.5, 0.6) is 0 Å². The van der Waals surface area contributed by atoms with Gasteiger partial charge in [0, 0.05) is 4.88 Å². The molecule has 19 heavy (non-hydrogen) atoms. The van der Waals surface area contributed by atoms with Crippen LogP contribution in [0.2, 0.25) is 5.02 Å². The van der Waals surface area contributed by atoms with Gasteiger partial charge in [0.05, 0.1) is 16.6 Å². The van der Waals surface area contributed by atoms with Crippen LogP contribution in [0.1, 0.15) is 22.0 Å². The quantitative estimate of drug-likeness (QED) is 0.834. The first-order valence-electron chi connectivity index (χ1n) is 5.05. The number of rotatable bonds is 2. The highest BCUT2D eigenvalue weighted by Crippen LogP contribution is 2.36. The molecular formula is C12H10Cl2F3NS. The van der Waals surface area contributed by atoms with Crippen molar-refractivity contribution >= 4 is 35.3 Å². The van der Waals surface area contributed by atoms with Crippen LogP contribution in [0, 0.1) is 0 Å². The van der Waals surface area contributed by atoms with Gasteiger partial charge in [0.25, 0.3) is 0 Å². The summed E-state index contributed by atoms with van der Waals surface area (Å²) in [6.45, 7) is 0. The van der Waals surface area contributed by atoms with Crippen molar-refractivity contribution in [2.24, 2.45) is 5.73 Å². The largest absolute Gasteiger partial charge is 0.417 e. The van der Waals surface area contributed by atoms with Gasteiger partial charge in [0.2, 0.25) is 0 Å². The summed E-state index contributed by atoms with van der Waals surface area (Å²) in [4.78, 5) is 0.811. The van der Waals surface area contributed by atoms with Crippen molar-refractivity contribution in [2.45, 2.75) is 12.2 Å². The summed E-state index contributed by atoms with van der Waals surface area (Å²) in [6.07, 6.45) is -4.47. The molecule has 0 bridgehead atoms. The van der Waals surface area contributed by atoms with Gasteiger partial charge in [-0.15, -0.1) is 23.7 Å². The minimum Gasteiger partial charge on any atom is -0.320 e. The first-order valence-corrected chi connectivity index (χ1v) is 6.31. The minimum atomic E-state index is -4.47. The molecule has 1 heterocycles. The van der Waals surface area contributed by atoms with Crippen molar-refractivity contribution in [3.63, 3.8) is 0 Å². The van der Waals surface area contributed by atoms with Gasteiger partial charge in [-0.25, -0.2) is 0 Å². The molecule has 1 aromatic heterocycles. The fourth-order valence-corrected chi connectivity index (χ4v) is 2.56. The third kappa shape index (κ3) is 3.63. The highest BCUT2D eigenvalue weighted by atomic mass is 35.5. The lowest BCUT2D eigenvalue weighted by Gasteiger charge is -2.14. The summed E-state index contributed by atoms with van der Waals surface area (Å²) in [7, 11) is 0. The van der Waals surface area contributed by atoms with Crippen LogP contribution in [-0.2, 0) is 6.18 Å². The fourth-order valence-electron chi connectivity index (χ4n) is 1.59. The molecule has 0 amide bonds. The van der Waals surface area contributed by atoms with Gasteiger partial charge in [-0.1, -0.05) is 23.7 Å². The van der Waals surface area contributed by atoms with Crippen LogP contribution < -0.4 is 5.73 Å². The molecule has 0 aliphatic heterocycles. The van der Waals surface area contributed by atoms with E-state index in [9.17, 15) is 13.2 Å². The number of hydrogen-bond donors (Lipinski definition) is 1. The predicted molar refractivity (Wildman–Crippen MR) is 74.1 cm³/mol. The van der Waals surface area contributed by atoms with Crippen LogP contribution >= 0.6 is 35.3 Å². The molecule has 0 spiro atoms. The Morgan fingerprint density at radius 2 is 1.89 bits per heavy atom. The number of halogens is 5. The Morgan fingerprint density at radius 1 is 1.21 bits per heavy atom. The second kappa shape index (κ2) is 6.13. The molecule has 2 aromatic rings. The molecule has 1 atom stereocenters. The highest BCUT2D eigenvalue weighted by Gasteiger charge is 2.33. The lowest BCUT2D eigenvalue weighted by atomic mass is 10.0. The third-order valence-electron chi connectivity index (χ3n) is 2.50. The Kier molecular flexibility index (Phi) is 5.26. The molecule has 0 unspecified atom stereocenters. The Labute approximate surface area is 123 Å². The molecule has 0 saturated carbocycles. The number of nitrogens with two attached hydrogens (primary N) is 1. The maximum absolute atomic E-state index is 12.7. The zero-order chi connectivity index (χ0) is 13.3. The molecule has 104 valence electrons. The number of benzene rings is 1. The van der Waals surface area contributed by atoms with Crippen molar-refractivity contribution in [3.05, 3.63) is 56.7 Å². The topological polar surface area (TPSA) is 26.0 Å². The van der Waals surface area contributed by atoms with Gasteiger partial charge in [0.15, 0.2) is 0 Å². The molecule has 2 rings (SSSR count). The molecule has 0 saturated heterocycles. The third-order valence-corrected chi connectivity index (χ3v) is 3.79. The second-order valence-corrected chi connectivity index (χ2v) is 5.12. The van der Waals surface area contributed by atoms with Crippen LogP contribution in [0.4, 0.5) is 13.2 Å². The number of hydrogen-bond acceptors (Lipinski definition) is 2. The summed E-state index contributed by atoms with van der Waals surface area (Å²) in [5, 5.41) is 1.51. The van der Waals surface area contributed by atoms with Crippen LogP contribution in [0.25, 0.3) is 0 Å². The maximum Gasteiger partial charge on any atom is 0.417 e. The Hall–Kier alpha value is -0.750. The molecular weight excluding hydrogens is 318 g/mol. The van der Waals surface area contributed by atoms with E-state index in [4.69, 9.17) is 17.3 Å². The van der Waals surface area contributed by atoms with Gasteiger partial charge in [0.1, 0.15) is 0 Å². The van der Waals surface area contributed by atoms with Crippen molar-refractivity contribution in [1.29, 1.82) is 0 Å². The lowest BCUT2D eigenvalue weighted by Crippen LogP contribution is -2.13. The monoisotopic (exact) mass is 327 g/mol. The summed E-state index contributed by atoms with van der Waals surface area (Å²) in [5.74, 6) is 0. The molecule has 0 aliphatic rings. The Balaban J connectivity index is 0.00000180. The number of alkyl halides is 3.